The second-order valence-corrected chi connectivity index (χ2v) is 5.03. The minimum absolute atomic E-state index is 0.0213. The fourth-order valence-electron chi connectivity index (χ4n) is 2.25. The van der Waals surface area contributed by atoms with Crippen molar-refractivity contribution in [2.24, 2.45) is 0 Å². The summed E-state index contributed by atoms with van der Waals surface area (Å²) in [6, 6.07) is 7.15. The van der Waals surface area contributed by atoms with Gasteiger partial charge in [-0.25, -0.2) is 4.79 Å². The molecule has 18 heavy (non-hydrogen) atoms. The van der Waals surface area contributed by atoms with Crippen LogP contribution in [-0.2, 0) is 0 Å². The first-order chi connectivity index (χ1) is 8.45. The van der Waals surface area contributed by atoms with E-state index in [1.165, 1.54) is 4.57 Å². The van der Waals surface area contributed by atoms with Gasteiger partial charge in [-0.3, -0.25) is 13.9 Å². The largest absolute Gasteiger partial charge is 0.331 e. The summed E-state index contributed by atoms with van der Waals surface area (Å²) in [6.07, 6.45) is 0. The van der Waals surface area contributed by atoms with E-state index < -0.39 is 0 Å². The Balaban J connectivity index is 3.07. The number of rotatable bonds is 2. The summed E-state index contributed by atoms with van der Waals surface area (Å²) in [7, 11) is 0. The molecule has 2 rings (SSSR count). The maximum atomic E-state index is 12.4. The molecule has 0 aliphatic rings. The number of para-hydroxylation sites is 1. The summed E-state index contributed by atoms with van der Waals surface area (Å²) in [5.41, 5.74) is 0.269. The van der Waals surface area contributed by atoms with Crippen LogP contribution >= 0.6 is 0 Å². The average molecular weight is 246 g/mol. The highest BCUT2D eigenvalue weighted by Crippen LogP contribution is 2.13. The van der Waals surface area contributed by atoms with Crippen LogP contribution in [0.2, 0.25) is 0 Å². The van der Waals surface area contributed by atoms with Gasteiger partial charge in [-0.15, -0.1) is 0 Å². The summed E-state index contributed by atoms with van der Waals surface area (Å²) in [6.45, 7) is 7.59. The molecule has 1 heterocycles. The Morgan fingerprint density at radius 3 is 2.00 bits per heavy atom. The average Bonchev–Trinajstić information content (AvgIpc) is 2.28. The molecule has 0 spiro atoms. The Hall–Kier alpha value is -1.84. The Kier molecular flexibility index (Phi) is 3.11. The molecule has 0 aliphatic carbocycles. The van der Waals surface area contributed by atoms with Crippen molar-refractivity contribution in [2.75, 3.05) is 0 Å². The molecule has 0 unspecified atom stereocenters. The van der Waals surface area contributed by atoms with Gasteiger partial charge in [0.1, 0.15) is 0 Å². The lowest BCUT2D eigenvalue weighted by atomic mass is 10.2. The van der Waals surface area contributed by atoms with Gasteiger partial charge in [-0.05, 0) is 39.8 Å². The fourth-order valence-corrected chi connectivity index (χ4v) is 2.25. The van der Waals surface area contributed by atoms with Gasteiger partial charge in [0.2, 0.25) is 0 Å². The lowest BCUT2D eigenvalue weighted by Gasteiger charge is -2.18. The van der Waals surface area contributed by atoms with Crippen LogP contribution in [0.5, 0.6) is 0 Å². The maximum absolute atomic E-state index is 12.4. The van der Waals surface area contributed by atoms with Crippen LogP contribution in [0.15, 0.2) is 33.9 Å². The minimum atomic E-state index is -0.233. The van der Waals surface area contributed by atoms with Gasteiger partial charge in [0.25, 0.3) is 5.56 Å². The van der Waals surface area contributed by atoms with E-state index in [-0.39, 0.29) is 23.3 Å². The smallest absolute Gasteiger partial charge is 0.291 e. The third-order valence-electron chi connectivity index (χ3n) is 3.06. The molecule has 2 aromatic rings. The molecule has 0 bridgehead atoms. The SMILES string of the molecule is CC(C)n1c(=O)c2ccccc2n(C(C)C)c1=O. The van der Waals surface area contributed by atoms with Crippen molar-refractivity contribution in [1.29, 1.82) is 0 Å². The quantitative estimate of drug-likeness (QED) is 0.816. The van der Waals surface area contributed by atoms with Crippen LogP contribution in [-0.4, -0.2) is 9.13 Å². The molecule has 0 atom stereocenters. The lowest BCUT2D eigenvalue weighted by Crippen LogP contribution is -2.41. The maximum Gasteiger partial charge on any atom is 0.331 e. The van der Waals surface area contributed by atoms with E-state index in [1.54, 1.807) is 10.6 Å². The van der Waals surface area contributed by atoms with Crippen molar-refractivity contribution < 1.29 is 0 Å². The summed E-state index contributed by atoms with van der Waals surface area (Å²) in [4.78, 5) is 24.7. The molecule has 0 radical (unpaired) electrons. The molecule has 0 amide bonds. The number of fused-ring (bicyclic) bond motifs is 1. The van der Waals surface area contributed by atoms with Gasteiger partial charge >= 0.3 is 5.69 Å². The van der Waals surface area contributed by atoms with Gasteiger partial charge in [-0.1, -0.05) is 12.1 Å². The van der Waals surface area contributed by atoms with Gasteiger partial charge in [0.05, 0.1) is 10.9 Å². The van der Waals surface area contributed by atoms with Crippen molar-refractivity contribution in [3.8, 4) is 0 Å². The van der Waals surface area contributed by atoms with Gasteiger partial charge in [0.15, 0.2) is 0 Å². The summed E-state index contributed by atoms with van der Waals surface area (Å²) in [5, 5.41) is 0.597. The second-order valence-electron chi connectivity index (χ2n) is 5.03. The van der Waals surface area contributed by atoms with Crippen LogP contribution in [0, 0.1) is 0 Å². The van der Waals surface area contributed by atoms with Crippen LogP contribution in [0.25, 0.3) is 10.9 Å². The van der Waals surface area contributed by atoms with Gasteiger partial charge in [0, 0.05) is 12.1 Å². The normalized spacial score (nSPS) is 11.7. The van der Waals surface area contributed by atoms with Crippen LogP contribution < -0.4 is 11.2 Å². The molecule has 4 nitrogen and oxygen atoms in total. The molecule has 4 heteroatoms. The third-order valence-corrected chi connectivity index (χ3v) is 3.06. The predicted octanol–water partition coefficient (Wildman–Crippen LogP) is 2.33. The molecule has 1 aromatic carbocycles. The Bertz CT molecular complexity index is 693. The second kappa shape index (κ2) is 4.44. The molecule has 1 aromatic heterocycles. The molecule has 96 valence electrons. The highest BCUT2D eigenvalue weighted by atomic mass is 16.2. The Morgan fingerprint density at radius 1 is 0.889 bits per heavy atom. The molecular formula is C14H18N2O2. The minimum Gasteiger partial charge on any atom is -0.291 e. The first kappa shape index (κ1) is 12.6. The first-order valence-electron chi connectivity index (χ1n) is 6.21. The number of benzene rings is 1. The summed E-state index contributed by atoms with van der Waals surface area (Å²) >= 11 is 0. The molecule has 0 saturated heterocycles. The first-order valence-corrected chi connectivity index (χ1v) is 6.21. The lowest BCUT2D eigenvalue weighted by molar-refractivity contribution is 0.489. The van der Waals surface area contributed by atoms with E-state index >= 15 is 0 Å². The van der Waals surface area contributed by atoms with Crippen molar-refractivity contribution in [1.82, 2.24) is 9.13 Å². The third kappa shape index (κ3) is 1.78. The van der Waals surface area contributed by atoms with Crippen molar-refractivity contribution in [2.45, 2.75) is 39.8 Å². The van der Waals surface area contributed by atoms with Crippen LogP contribution in [0.1, 0.15) is 39.8 Å². The number of hydrogen-bond acceptors (Lipinski definition) is 2. The Morgan fingerprint density at radius 2 is 1.44 bits per heavy atom. The molecular weight excluding hydrogens is 228 g/mol. The summed E-state index contributed by atoms with van der Waals surface area (Å²) in [5.74, 6) is 0. The zero-order valence-corrected chi connectivity index (χ0v) is 11.2. The molecule has 0 aliphatic heterocycles. The van der Waals surface area contributed by atoms with Crippen LogP contribution in [0.3, 0.4) is 0 Å². The zero-order valence-electron chi connectivity index (χ0n) is 11.2. The number of hydrogen-bond donors (Lipinski definition) is 0. The predicted molar refractivity (Wildman–Crippen MR) is 73.2 cm³/mol. The topological polar surface area (TPSA) is 44.0 Å². The highest BCUT2D eigenvalue weighted by Gasteiger charge is 2.15. The molecule has 0 saturated carbocycles. The van der Waals surface area contributed by atoms with E-state index in [4.69, 9.17) is 0 Å². The van der Waals surface area contributed by atoms with Crippen molar-refractivity contribution in [3.05, 3.63) is 45.1 Å². The van der Waals surface area contributed by atoms with Crippen molar-refractivity contribution >= 4 is 10.9 Å². The van der Waals surface area contributed by atoms with Crippen molar-refractivity contribution in [3.63, 3.8) is 0 Å². The molecule has 0 N–H and O–H groups in total. The molecule has 0 fully saturated rings. The van der Waals surface area contributed by atoms with Gasteiger partial charge in [-0.2, -0.15) is 0 Å². The van der Waals surface area contributed by atoms with Crippen LogP contribution in [0.4, 0.5) is 0 Å². The van der Waals surface area contributed by atoms with Gasteiger partial charge < -0.3 is 0 Å². The zero-order chi connectivity index (χ0) is 13.4. The van der Waals surface area contributed by atoms with E-state index in [0.29, 0.717) is 10.9 Å². The van der Waals surface area contributed by atoms with E-state index in [9.17, 15) is 9.59 Å². The highest BCUT2D eigenvalue weighted by molar-refractivity contribution is 5.77. The summed E-state index contributed by atoms with van der Waals surface area (Å²) < 4.78 is 3.00. The van der Waals surface area contributed by atoms with E-state index in [1.807, 2.05) is 45.9 Å². The van der Waals surface area contributed by atoms with E-state index in [0.717, 1.165) is 0 Å². The number of aromatic nitrogens is 2. The van der Waals surface area contributed by atoms with E-state index in [2.05, 4.69) is 0 Å². The monoisotopic (exact) mass is 246 g/mol. The fraction of sp³-hybridized carbons (Fsp3) is 0.429. The standard InChI is InChI=1S/C14H18N2O2/c1-9(2)15-12-8-6-5-7-11(12)13(17)16(10(3)4)14(15)18/h5-10H,1-4H3. The number of nitrogens with zero attached hydrogens (tertiary/aromatic N) is 2. The Labute approximate surface area is 105 Å².